The Balaban J connectivity index is 0.000000319. The summed E-state index contributed by atoms with van der Waals surface area (Å²) in [6.07, 6.45) is 3.75. The minimum Gasteiger partial charge on any atom is -0.436 e. The Hall–Kier alpha value is -4.12. The molecule has 0 aliphatic heterocycles. The van der Waals surface area contributed by atoms with E-state index in [0.717, 1.165) is 33.3 Å². The van der Waals surface area contributed by atoms with Gasteiger partial charge >= 0.3 is 0 Å². The molecule has 3 aromatic heterocycles. The number of benzene rings is 3. The maximum absolute atomic E-state index is 5.80. The molecule has 6 rings (SSSR count). The van der Waals surface area contributed by atoms with Gasteiger partial charge in [-0.2, -0.15) is 0 Å². The minimum atomic E-state index is 0.611. The maximum atomic E-state index is 5.80. The van der Waals surface area contributed by atoms with E-state index in [0.29, 0.717) is 11.8 Å². The van der Waals surface area contributed by atoms with Crippen molar-refractivity contribution in [2.24, 2.45) is 0 Å². The van der Waals surface area contributed by atoms with Crippen LogP contribution >= 0.6 is 0 Å². The Morgan fingerprint density at radius 3 is 1.34 bits per heavy atom. The fourth-order valence-corrected chi connectivity index (χ4v) is 3.02. The van der Waals surface area contributed by atoms with Crippen LogP contribution in [0, 0.1) is 0 Å². The van der Waals surface area contributed by atoms with Crippen molar-refractivity contribution in [3.8, 4) is 22.9 Å². The third kappa shape index (κ3) is 3.53. The highest BCUT2D eigenvalue weighted by atomic mass is 16.4. The molecule has 0 aliphatic carbocycles. The number of nitrogens with zero attached hydrogens (tertiary/aromatic N) is 2. The van der Waals surface area contributed by atoms with Crippen molar-refractivity contribution in [3.63, 3.8) is 0 Å². The molecule has 0 fully saturated rings. The van der Waals surface area contributed by atoms with Gasteiger partial charge in [0.1, 0.15) is 11.0 Å². The average molecular weight is 379 g/mol. The molecule has 1 N–H and O–H groups in total. The van der Waals surface area contributed by atoms with Crippen LogP contribution in [0.4, 0.5) is 0 Å². The summed E-state index contributed by atoms with van der Waals surface area (Å²) in [7, 11) is 0. The molecular weight excluding hydrogens is 362 g/mol. The van der Waals surface area contributed by atoms with Crippen molar-refractivity contribution < 1.29 is 8.83 Å². The predicted octanol–water partition coefficient (Wildman–Crippen LogP) is 6.32. The highest BCUT2D eigenvalue weighted by Crippen LogP contribution is 2.28. The van der Waals surface area contributed by atoms with Crippen molar-refractivity contribution in [1.29, 1.82) is 0 Å². The van der Waals surface area contributed by atoms with E-state index in [2.05, 4.69) is 15.0 Å². The van der Waals surface area contributed by atoms with Crippen LogP contribution in [0.1, 0.15) is 0 Å². The number of para-hydroxylation sites is 4. The van der Waals surface area contributed by atoms with E-state index >= 15 is 0 Å². The van der Waals surface area contributed by atoms with Crippen molar-refractivity contribution >= 4 is 22.2 Å². The lowest BCUT2D eigenvalue weighted by molar-refractivity contribution is 0.617. The van der Waals surface area contributed by atoms with Gasteiger partial charge < -0.3 is 13.8 Å². The van der Waals surface area contributed by atoms with Gasteiger partial charge in [-0.1, -0.05) is 24.3 Å². The Labute approximate surface area is 166 Å². The van der Waals surface area contributed by atoms with Gasteiger partial charge in [-0.3, -0.25) is 0 Å². The van der Waals surface area contributed by atoms with Crippen LogP contribution in [0.25, 0.3) is 45.1 Å². The first-order valence-electron chi connectivity index (χ1n) is 9.26. The molecule has 140 valence electrons. The largest absolute Gasteiger partial charge is 0.436 e. The number of hydrogen-bond acceptors (Lipinski definition) is 4. The Morgan fingerprint density at radius 1 is 0.517 bits per heavy atom. The molecular formula is C24H17N3O2. The second-order valence-corrected chi connectivity index (χ2v) is 6.44. The second kappa shape index (κ2) is 7.48. The molecule has 0 spiro atoms. The van der Waals surface area contributed by atoms with Crippen LogP contribution in [-0.2, 0) is 0 Å². The summed E-state index contributed by atoms with van der Waals surface area (Å²) in [6, 6.07) is 27.2. The number of rotatable bonds is 2. The molecule has 0 saturated heterocycles. The van der Waals surface area contributed by atoms with Crippen LogP contribution < -0.4 is 0 Å². The van der Waals surface area contributed by atoms with Gasteiger partial charge in [0.05, 0.1) is 0 Å². The predicted molar refractivity (Wildman–Crippen MR) is 113 cm³/mol. The molecule has 0 unspecified atom stereocenters. The van der Waals surface area contributed by atoms with E-state index in [1.165, 1.54) is 0 Å². The molecule has 0 saturated carbocycles. The third-order valence-electron chi connectivity index (χ3n) is 4.46. The van der Waals surface area contributed by atoms with E-state index in [9.17, 15) is 0 Å². The van der Waals surface area contributed by atoms with Crippen molar-refractivity contribution in [3.05, 3.63) is 97.3 Å². The van der Waals surface area contributed by atoms with Crippen LogP contribution in [0.15, 0.2) is 106 Å². The number of nitrogens with one attached hydrogen (secondary N) is 1. The monoisotopic (exact) mass is 379 g/mol. The Morgan fingerprint density at radius 2 is 0.966 bits per heavy atom. The van der Waals surface area contributed by atoms with Crippen LogP contribution in [0.5, 0.6) is 0 Å². The number of oxazole rings is 2. The van der Waals surface area contributed by atoms with Crippen molar-refractivity contribution in [1.82, 2.24) is 15.0 Å². The second-order valence-electron chi connectivity index (χ2n) is 6.44. The van der Waals surface area contributed by atoms with E-state index in [4.69, 9.17) is 8.83 Å². The summed E-state index contributed by atoms with van der Waals surface area (Å²) in [4.78, 5) is 11.9. The topological polar surface area (TPSA) is 67.8 Å². The van der Waals surface area contributed by atoms with E-state index in [1.807, 2.05) is 97.3 Å². The zero-order valence-corrected chi connectivity index (χ0v) is 15.4. The summed E-state index contributed by atoms with van der Waals surface area (Å²) in [6.45, 7) is 0. The van der Waals surface area contributed by atoms with Crippen LogP contribution in [-0.4, -0.2) is 15.0 Å². The van der Waals surface area contributed by atoms with Gasteiger partial charge in [0.25, 0.3) is 0 Å². The van der Waals surface area contributed by atoms with E-state index < -0.39 is 0 Å². The number of H-pyrrole nitrogens is 1. The highest BCUT2D eigenvalue weighted by molar-refractivity contribution is 5.78. The Bertz CT molecular complexity index is 1170. The molecule has 0 bridgehead atoms. The lowest BCUT2D eigenvalue weighted by Crippen LogP contribution is -1.80. The zero-order valence-electron chi connectivity index (χ0n) is 15.4. The molecule has 0 amide bonds. The van der Waals surface area contributed by atoms with Gasteiger partial charge in [0, 0.05) is 23.5 Å². The summed E-state index contributed by atoms with van der Waals surface area (Å²) >= 11 is 0. The maximum Gasteiger partial charge on any atom is 0.227 e. The van der Waals surface area contributed by atoms with E-state index in [1.54, 1.807) is 0 Å². The van der Waals surface area contributed by atoms with Crippen LogP contribution in [0.3, 0.4) is 0 Å². The number of fused-ring (bicyclic) bond motifs is 2. The van der Waals surface area contributed by atoms with Crippen molar-refractivity contribution in [2.75, 3.05) is 0 Å². The Kier molecular flexibility index (Phi) is 4.39. The quantitative estimate of drug-likeness (QED) is 0.382. The van der Waals surface area contributed by atoms with Crippen molar-refractivity contribution in [2.45, 2.75) is 0 Å². The molecule has 5 heteroatoms. The molecule has 0 radical (unpaired) electrons. The lowest BCUT2D eigenvalue weighted by Gasteiger charge is -1.97. The SMILES string of the molecule is c1cc[nH]c1.c1ccc2oc(-c3ccc(-c4nc5ccccc5o4)cc3)nc2c1. The summed E-state index contributed by atoms with van der Waals surface area (Å²) < 4.78 is 11.6. The average Bonchev–Trinajstić information content (AvgIpc) is 3.55. The molecule has 0 aliphatic rings. The first-order valence-corrected chi connectivity index (χ1v) is 9.26. The molecule has 29 heavy (non-hydrogen) atoms. The molecule has 3 aromatic carbocycles. The highest BCUT2D eigenvalue weighted by Gasteiger charge is 2.10. The van der Waals surface area contributed by atoms with Gasteiger partial charge in [0.2, 0.25) is 11.8 Å². The first kappa shape index (κ1) is 17.0. The summed E-state index contributed by atoms with van der Waals surface area (Å²) in [5.74, 6) is 1.22. The molecule has 3 heterocycles. The van der Waals surface area contributed by atoms with Gasteiger partial charge in [0.15, 0.2) is 11.2 Å². The van der Waals surface area contributed by atoms with E-state index in [-0.39, 0.29) is 0 Å². The number of aromatic amines is 1. The summed E-state index contributed by atoms with van der Waals surface area (Å²) in [5, 5.41) is 0. The van der Waals surface area contributed by atoms with Gasteiger partial charge in [-0.25, -0.2) is 9.97 Å². The smallest absolute Gasteiger partial charge is 0.227 e. The first-order chi connectivity index (χ1) is 14.4. The minimum absolute atomic E-state index is 0.611. The fraction of sp³-hybridized carbons (Fsp3) is 0. The molecule has 6 aromatic rings. The number of aromatic nitrogens is 3. The normalized spacial score (nSPS) is 10.8. The lowest BCUT2D eigenvalue weighted by atomic mass is 10.1. The molecule has 5 nitrogen and oxygen atoms in total. The zero-order chi connectivity index (χ0) is 19.5. The third-order valence-corrected chi connectivity index (χ3v) is 4.46. The fourth-order valence-electron chi connectivity index (χ4n) is 3.02. The van der Waals surface area contributed by atoms with Gasteiger partial charge in [-0.15, -0.1) is 0 Å². The van der Waals surface area contributed by atoms with Crippen LogP contribution in [0.2, 0.25) is 0 Å². The van der Waals surface area contributed by atoms with Gasteiger partial charge in [-0.05, 0) is 60.7 Å². The summed E-state index contributed by atoms with van der Waals surface area (Å²) in [5.41, 5.74) is 5.13. The number of hydrogen-bond donors (Lipinski definition) is 1. The molecule has 0 atom stereocenters. The standard InChI is InChI=1S/C20H12N2O2.C4H5N/c1-3-7-17-15(5-1)21-19(23-17)13-9-11-14(12-10-13)20-22-16-6-2-4-8-18(16)24-20;1-2-4-5-3-1/h1-12H;1-5H.